The fourth-order valence-electron chi connectivity index (χ4n) is 2.94. The molecule has 0 aliphatic carbocycles. The van der Waals surface area contributed by atoms with E-state index in [1.807, 2.05) is 19.9 Å². The Bertz CT molecular complexity index is 1250. The van der Waals surface area contributed by atoms with Gasteiger partial charge in [0.05, 0.1) is 27.0 Å². The highest BCUT2D eigenvalue weighted by molar-refractivity contribution is 8.00. The number of hydrogen-bond acceptors (Lipinski definition) is 4. The third-order valence-electron chi connectivity index (χ3n) is 4.77. The molecule has 10 heteroatoms. The molecule has 170 valence electrons. The first kappa shape index (κ1) is 24.9. The van der Waals surface area contributed by atoms with Crippen molar-refractivity contribution < 1.29 is 18.0 Å². The van der Waals surface area contributed by atoms with Gasteiger partial charge >= 0.3 is 6.18 Å². The first-order valence-electron chi connectivity index (χ1n) is 9.48. The summed E-state index contributed by atoms with van der Waals surface area (Å²) < 4.78 is 40.7. The second-order valence-electron chi connectivity index (χ2n) is 7.08. The monoisotopic (exact) mass is 509 g/mol. The van der Waals surface area contributed by atoms with Crippen molar-refractivity contribution in [3.63, 3.8) is 0 Å². The topological polar surface area (TPSA) is 65.8 Å². The number of anilines is 1. The number of rotatable bonds is 5. The van der Waals surface area contributed by atoms with Crippen molar-refractivity contribution >= 4 is 46.6 Å². The largest absolute Gasteiger partial charge is 0.433 e. The maximum Gasteiger partial charge on any atom is 0.433 e. The Morgan fingerprint density at radius 3 is 2.36 bits per heavy atom. The highest BCUT2D eigenvalue weighted by Gasteiger charge is 2.34. The van der Waals surface area contributed by atoms with Crippen LogP contribution in [0.1, 0.15) is 22.4 Å². The van der Waals surface area contributed by atoms with E-state index in [1.165, 1.54) is 12.1 Å². The number of para-hydroxylation sites is 1. The fourth-order valence-corrected chi connectivity index (χ4v) is 4.24. The smallest absolute Gasteiger partial charge is 0.323 e. The van der Waals surface area contributed by atoms with Crippen molar-refractivity contribution in [1.29, 1.82) is 5.26 Å². The van der Waals surface area contributed by atoms with Gasteiger partial charge in [0.2, 0.25) is 5.91 Å². The molecule has 0 aliphatic heterocycles. The van der Waals surface area contributed by atoms with E-state index in [-0.39, 0.29) is 37.6 Å². The van der Waals surface area contributed by atoms with Gasteiger partial charge in [0, 0.05) is 5.56 Å². The lowest BCUT2D eigenvalue weighted by molar-refractivity contribution is -0.141. The van der Waals surface area contributed by atoms with Crippen LogP contribution in [0.3, 0.4) is 0 Å². The number of amides is 1. The Hall–Kier alpha value is -2.73. The first-order valence-corrected chi connectivity index (χ1v) is 11.2. The van der Waals surface area contributed by atoms with Gasteiger partial charge in [-0.25, -0.2) is 4.98 Å². The number of hydrogen-bond donors (Lipinski definition) is 1. The minimum atomic E-state index is -4.73. The molecule has 0 radical (unpaired) electrons. The van der Waals surface area contributed by atoms with Crippen LogP contribution >= 0.6 is 35.0 Å². The van der Waals surface area contributed by atoms with Gasteiger partial charge in [-0.05, 0) is 48.7 Å². The van der Waals surface area contributed by atoms with Gasteiger partial charge in [-0.3, -0.25) is 4.79 Å². The minimum absolute atomic E-state index is 0.0418. The molecule has 0 spiro atoms. The van der Waals surface area contributed by atoms with Gasteiger partial charge in [-0.2, -0.15) is 18.4 Å². The fraction of sp³-hybridized carbons (Fsp3) is 0.174. The third kappa shape index (κ3) is 5.80. The predicted octanol–water partition coefficient (Wildman–Crippen LogP) is 7.29. The maximum atomic E-state index is 13.6. The summed E-state index contributed by atoms with van der Waals surface area (Å²) in [6.07, 6.45) is -4.73. The molecule has 1 heterocycles. The maximum absolute atomic E-state index is 13.6. The summed E-state index contributed by atoms with van der Waals surface area (Å²) in [7, 11) is 0. The van der Waals surface area contributed by atoms with Gasteiger partial charge in [0.15, 0.2) is 0 Å². The van der Waals surface area contributed by atoms with Crippen LogP contribution in [-0.2, 0) is 11.0 Å². The second kappa shape index (κ2) is 10.0. The zero-order valence-corrected chi connectivity index (χ0v) is 19.7. The SMILES string of the molecule is Cc1ccc(-c2cc(C(F)(F)F)nc(SCC(=O)Nc3c(Cl)cccc3Cl)c2C#N)cc1C. The van der Waals surface area contributed by atoms with Crippen LogP contribution < -0.4 is 5.32 Å². The van der Waals surface area contributed by atoms with Crippen LogP contribution in [0.15, 0.2) is 47.5 Å². The van der Waals surface area contributed by atoms with E-state index in [0.29, 0.717) is 5.56 Å². The normalized spacial score (nSPS) is 11.2. The summed E-state index contributed by atoms with van der Waals surface area (Å²) in [5.41, 5.74) is 1.39. The molecule has 3 aromatic rings. The number of nitriles is 1. The zero-order chi connectivity index (χ0) is 24.3. The second-order valence-corrected chi connectivity index (χ2v) is 8.86. The highest BCUT2D eigenvalue weighted by Crippen LogP contribution is 2.37. The Morgan fingerprint density at radius 2 is 1.79 bits per heavy atom. The number of thioether (sulfide) groups is 1. The lowest BCUT2D eigenvalue weighted by Crippen LogP contribution is -2.16. The van der Waals surface area contributed by atoms with Crippen molar-refractivity contribution in [2.45, 2.75) is 25.0 Å². The van der Waals surface area contributed by atoms with Gasteiger partial charge in [0.1, 0.15) is 16.8 Å². The van der Waals surface area contributed by atoms with Crippen molar-refractivity contribution in [3.05, 3.63) is 74.9 Å². The van der Waals surface area contributed by atoms with E-state index in [1.54, 1.807) is 24.3 Å². The summed E-state index contributed by atoms with van der Waals surface area (Å²) >= 11 is 12.8. The highest BCUT2D eigenvalue weighted by atomic mass is 35.5. The van der Waals surface area contributed by atoms with Crippen LogP contribution in [0, 0.1) is 25.2 Å². The van der Waals surface area contributed by atoms with Gasteiger partial charge in [-0.15, -0.1) is 0 Å². The number of benzene rings is 2. The van der Waals surface area contributed by atoms with Crippen LogP contribution in [0.2, 0.25) is 10.0 Å². The Labute approximate surface area is 202 Å². The van der Waals surface area contributed by atoms with Gasteiger partial charge < -0.3 is 5.32 Å². The van der Waals surface area contributed by atoms with Crippen LogP contribution in [-0.4, -0.2) is 16.6 Å². The molecule has 0 unspecified atom stereocenters. The van der Waals surface area contributed by atoms with Crippen molar-refractivity contribution in [1.82, 2.24) is 4.98 Å². The van der Waals surface area contributed by atoms with Crippen molar-refractivity contribution in [3.8, 4) is 17.2 Å². The number of aromatic nitrogens is 1. The number of carbonyl (C=O) groups excluding carboxylic acids is 1. The Kier molecular flexibility index (Phi) is 7.58. The van der Waals surface area contributed by atoms with Crippen LogP contribution in [0.5, 0.6) is 0 Å². The summed E-state index contributed by atoms with van der Waals surface area (Å²) in [6.45, 7) is 3.71. The molecule has 0 saturated carbocycles. The molecule has 4 nitrogen and oxygen atoms in total. The van der Waals surface area contributed by atoms with E-state index in [2.05, 4.69) is 10.3 Å². The molecule has 0 atom stereocenters. The van der Waals surface area contributed by atoms with E-state index in [0.717, 1.165) is 29.0 Å². The average molecular weight is 510 g/mol. The molecular weight excluding hydrogens is 494 g/mol. The molecule has 1 amide bonds. The lowest BCUT2D eigenvalue weighted by atomic mass is 9.97. The predicted molar refractivity (Wildman–Crippen MR) is 125 cm³/mol. The van der Waals surface area contributed by atoms with E-state index >= 15 is 0 Å². The zero-order valence-electron chi connectivity index (χ0n) is 17.3. The Morgan fingerprint density at radius 1 is 1.12 bits per heavy atom. The standard InChI is InChI=1S/C23H16Cl2F3N3OS/c1-12-6-7-14(8-13(12)2)15-9-19(23(26,27)28)30-22(16(15)10-29)33-11-20(32)31-21-17(24)4-3-5-18(21)25/h3-9H,11H2,1-2H3,(H,31,32). The number of aryl methyl sites for hydroxylation is 2. The third-order valence-corrected chi connectivity index (χ3v) is 6.38. The number of nitrogens with zero attached hydrogens (tertiary/aromatic N) is 2. The van der Waals surface area contributed by atoms with Crippen LogP contribution in [0.4, 0.5) is 18.9 Å². The molecular formula is C23H16Cl2F3N3OS. The van der Waals surface area contributed by atoms with Crippen molar-refractivity contribution in [2.24, 2.45) is 0 Å². The summed E-state index contributed by atoms with van der Waals surface area (Å²) in [6, 6.07) is 12.6. The number of pyridine rings is 1. The van der Waals surface area contributed by atoms with E-state index < -0.39 is 17.8 Å². The van der Waals surface area contributed by atoms with Crippen LogP contribution in [0.25, 0.3) is 11.1 Å². The van der Waals surface area contributed by atoms with Gasteiger partial charge in [0.25, 0.3) is 0 Å². The van der Waals surface area contributed by atoms with E-state index in [9.17, 15) is 23.2 Å². The van der Waals surface area contributed by atoms with Gasteiger partial charge in [-0.1, -0.05) is 59.2 Å². The molecule has 3 rings (SSSR count). The number of halogens is 5. The molecule has 2 aromatic carbocycles. The molecule has 1 aromatic heterocycles. The number of alkyl halides is 3. The number of carbonyl (C=O) groups is 1. The van der Waals surface area contributed by atoms with E-state index in [4.69, 9.17) is 23.2 Å². The summed E-state index contributed by atoms with van der Waals surface area (Å²) in [5.74, 6) is -0.873. The summed E-state index contributed by atoms with van der Waals surface area (Å²) in [5, 5.41) is 12.5. The first-order chi connectivity index (χ1) is 15.5. The molecule has 0 fully saturated rings. The molecule has 0 aliphatic rings. The minimum Gasteiger partial charge on any atom is -0.323 e. The molecule has 1 N–H and O–H groups in total. The molecule has 0 bridgehead atoms. The lowest BCUT2D eigenvalue weighted by Gasteiger charge is -2.15. The molecule has 33 heavy (non-hydrogen) atoms. The Balaban J connectivity index is 1.97. The molecule has 0 saturated heterocycles. The number of nitrogens with one attached hydrogen (secondary N) is 1. The quantitative estimate of drug-likeness (QED) is 0.366. The summed E-state index contributed by atoms with van der Waals surface area (Å²) in [4.78, 5) is 16.1. The van der Waals surface area contributed by atoms with Crippen molar-refractivity contribution in [2.75, 3.05) is 11.1 Å². The average Bonchev–Trinajstić information content (AvgIpc) is 2.75.